The number of thiophene rings is 1. The Kier molecular flexibility index (Phi) is 5.46. The molecule has 0 unspecified atom stereocenters. The maximum Gasteiger partial charge on any atom is 0.412 e. The Morgan fingerprint density at radius 3 is 2.67 bits per heavy atom. The third-order valence-corrected chi connectivity index (χ3v) is 4.23. The third kappa shape index (κ3) is 4.46. The Morgan fingerprint density at radius 2 is 2.08 bits per heavy atom. The number of aromatic nitrogens is 1. The molecule has 1 amide bonds. The van der Waals surface area contributed by atoms with Crippen LogP contribution in [0, 0.1) is 0 Å². The number of methoxy groups -OCH3 is 1. The summed E-state index contributed by atoms with van der Waals surface area (Å²) in [5.41, 5.74) is 0.829. The summed E-state index contributed by atoms with van der Waals surface area (Å²) in [6.07, 6.45) is 1.53. The van der Waals surface area contributed by atoms with E-state index in [2.05, 4.69) is 10.3 Å². The molecule has 0 aliphatic heterocycles. The first kappa shape index (κ1) is 18.2. The van der Waals surface area contributed by atoms with Crippen LogP contribution < -0.4 is 10.1 Å². The molecule has 128 valence electrons. The minimum atomic E-state index is -0.613. The average Bonchev–Trinajstić information content (AvgIpc) is 2.85. The molecule has 0 radical (unpaired) electrons. The number of carbonyl (C=O) groups excluding carboxylic acids is 2. The van der Waals surface area contributed by atoms with Crippen molar-refractivity contribution in [2.75, 3.05) is 12.4 Å². The summed E-state index contributed by atoms with van der Waals surface area (Å²) in [6, 6.07) is 3.32. The van der Waals surface area contributed by atoms with Crippen LogP contribution in [-0.4, -0.2) is 30.1 Å². The molecule has 0 aliphatic rings. The van der Waals surface area contributed by atoms with Gasteiger partial charge >= 0.3 is 6.09 Å². The maximum atomic E-state index is 11.9. The van der Waals surface area contributed by atoms with Crippen LogP contribution in [0.5, 0.6) is 5.88 Å². The van der Waals surface area contributed by atoms with Gasteiger partial charge in [0.25, 0.3) is 0 Å². The van der Waals surface area contributed by atoms with Crippen molar-refractivity contribution in [3.05, 3.63) is 28.2 Å². The molecule has 0 saturated heterocycles. The van der Waals surface area contributed by atoms with Crippen LogP contribution in [0.1, 0.15) is 31.1 Å². The summed E-state index contributed by atoms with van der Waals surface area (Å²) in [5, 5.41) is 2.61. The molecule has 0 atom stereocenters. The molecule has 2 heterocycles. The quantitative estimate of drug-likeness (QED) is 0.796. The first-order chi connectivity index (χ1) is 11.2. The molecule has 0 aliphatic carbocycles. The molecule has 6 nitrogen and oxygen atoms in total. The Balaban J connectivity index is 2.32. The second kappa shape index (κ2) is 7.19. The number of carbonyl (C=O) groups is 2. The number of halogens is 1. The van der Waals surface area contributed by atoms with Crippen LogP contribution in [-0.2, 0) is 4.74 Å². The lowest BCUT2D eigenvalue weighted by atomic mass is 10.1. The van der Waals surface area contributed by atoms with Crippen LogP contribution in [0.3, 0.4) is 0 Å². The van der Waals surface area contributed by atoms with Crippen molar-refractivity contribution in [1.29, 1.82) is 0 Å². The molecule has 2 rings (SSSR count). The second-order valence-electron chi connectivity index (χ2n) is 5.86. The van der Waals surface area contributed by atoms with Gasteiger partial charge in [-0.25, -0.2) is 9.78 Å². The smallest absolute Gasteiger partial charge is 0.412 e. The summed E-state index contributed by atoms with van der Waals surface area (Å²) >= 11 is 7.42. The van der Waals surface area contributed by atoms with Crippen LogP contribution >= 0.6 is 22.9 Å². The number of pyridine rings is 1. The number of hydrogen-bond donors (Lipinski definition) is 1. The lowest BCUT2D eigenvalue weighted by molar-refractivity contribution is 0.0636. The van der Waals surface area contributed by atoms with Gasteiger partial charge in [-0.15, -0.1) is 11.3 Å². The average molecular weight is 369 g/mol. The van der Waals surface area contributed by atoms with E-state index in [1.165, 1.54) is 24.6 Å². The van der Waals surface area contributed by atoms with Gasteiger partial charge < -0.3 is 9.47 Å². The summed E-state index contributed by atoms with van der Waals surface area (Å²) in [5.74, 6) is 0.377. The molecule has 8 heteroatoms. The van der Waals surface area contributed by atoms with E-state index >= 15 is 0 Å². The van der Waals surface area contributed by atoms with E-state index in [-0.39, 0.29) is 0 Å². The van der Waals surface area contributed by atoms with Gasteiger partial charge in [0.15, 0.2) is 6.29 Å². The van der Waals surface area contributed by atoms with Crippen LogP contribution in [0.15, 0.2) is 18.3 Å². The van der Waals surface area contributed by atoms with Gasteiger partial charge in [0, 0.05) is 28.3 Å². The summed E-state index contributed by atoms with van der Waals surface area (Å²) in [7, 11) is 1.49. The number of nitrogens with zero attached hydrogens (tertiary/aromatic N) is 1. The fourth-order valence-corrected chi connectivity index (χ4v) is 3.09. The van der Waals surface area contributed by atoms with Gasteiger partial charge in [-0.2, -0.15) is 0 Å². The predicted octanol–water partition coefficient (Wildman–Crippen LogP) is 4.63. The fraction of sp³-hybridized carbons (Fsp3) is 0.312. The van der Waals surface area contributed by atoms with E-state index in [1.54, 1.807) is 32.9 Å². The standard InChI is InChI=1S/C16H17ClN2O4S/c1-16(2,3)23-15(21)19-11-6-12(24-14(11)17)10-5-13(22-4)18-7-9(10)8-20/h5-8H,1-4H3,(H,19,21). The Hall–Kier alpha value is -2.12. The van der Waals surface area contributed by atoms with E-state index in [9.17, 15) is 9.59 Å². The van der Waals surface area contributed by atoms with Crippen molar-refractivity contribution in [2.24, 2.45) is 0 Å². The Morgan fingerprint density at radius 1 is 1.38 bits per heavy atom. The van der Waals surface area contributed by atoms with E-state index in [4.69, 9.17) is 21.1 Å². The van der Waals surface area contributed by atoms with Gasteiger partial charge in [0.05, 0.1) is 12.8 Å². The molecular weight excluding hydrogens is 352 g/mol. The molecular formula is C16H17ClN2O4S. The minimum Gasteiger partial charge on any atom is -0.481 e. The SMILES string of the molecule is COc1cc(-c2cc(NC(=O)OC(C)(C)C)c(Cl)s2)c(C=O)cn1. The van der Waals surface area contributed by atoms with Crippen LogP contribution in [0.25, 0.3) is 10.4 Å². The molecule has 0 aromatic carbocycles. The summed E-state index contributed by atoms with van der Waals surface area (Å²) < 4.78 is 10.7. The highest BCUT2D eigenvalue weighted by atomic mass is 35.5. The molecule has 24 heavy (non-hydrogen) atoms. The minimum absolute atomic E-state index is 0.377. The van der Waals surface area contributed by atoms with E-state index in [1.807, 2.05) is 0 Å². The first-order valence-electron chi connectivity index (χ1n) is 7.02. The molecule has 2 aromatic heterocycles. The predicted molar refractivity (Wildman–Crippen MR) is 94.4 cm³/mol. The normalized spacial score (nSPS) is 11.0. The Bertz CT molecular complexity index is 768. The highest BCUT2D eigenvalue weighted by Crippen LogP contribution is 2.40. The Labute approximate surface area is 148 Å². The van der Waals surface area contributed by atoms with Crippen LogP contribution in [0.2, 0.25) is 4.34 Å². The molecule has 0 saturated carbocycles. The number of hydrogen-bond acceptors (Lipinski definition) is 6. The number of ether oxygens (including phenoxy) is 2. The van der Waals surface area contributed by atoms with Gasteiger partial charge in [-0.1, -0.05) is 11.6 Å². The lowest BCUT2D eigenvalue weighted by Gasteiger charge is -2.19. The zero-order valence-electron chi connectivity index (χ0n) is 13.7. The highest BCUT2D eigenvalue weighted by Gasteiger charge is 2.19. The molecule has 1 N–H and O–H groups in total. The second-order valence-corrected chi connectivity index (χ2v) is 7.51. The zero-order valence-corrected chi connectivity index (χ0v) is 15.2. The fourth-order valence-electron chi connectivity index (χ4n) is 1.87. The van der Waals surface area contributed by atoms with Crippen molar-refractivity contribution in [3.63, 3.8) is 0 Å². The molecule has 2 aromatic rings. The highest BCUT2D eigenvalue weighted by molar-refractivity contribution is 7.20. The van der Waals surface area contributed by atoms with Crippen molar-refractivity contribution in [1.82, 2.24) is 4.98 Å². The first-order valence-corrected chi connectivity index (χ1v) is 8.22. The number of nitrogens with one attached hydrogen (secondary N) is 1. The van der Waals surface area contributed by atoms with Crippen molar-refractivity contribution in [3.8, 4) is 16.3 Å². The number of rotatable bonds is 4. The molecule has 0 fully saturated rings. The van der Waals surface area contributed by atoms with Gasteiger partial charge in [0.1, 0.15) is 9.94 Å². The lowest BCUT2D eigenvalue weighted by Crippen LogP contribution is -2.27. The van der Waals surface area contributed by atoms with E-state index in [0.717, 1.165) is 0 Å². The zero-order chi connectivity index (χ0) is 17.9. The van der Waals surface area contributed by atoms with Crippen molar-refractivity contribution >= 4 is 41.0 Å². The van der Waals surface area contributed by atoms with Crippen molar-refractivity contribution in [2.45, 2.75) is 26.4 Å². The molecule has 0 spiro atoms. The van der Waals surface area contributed by atoms with E-state index < -0.39 is 11.7 Å². The monoisotopic (exact) mass is 368 g/mol. The van der Waals surface area contributed by atoms with Gasteiger partial charge in [-0.3, -0.25) is 10.1 Å². The number of anilines is 1. The summed E-state index contributed by atoms with van der Waals surface area (Å²) in [6.45, 7) is 5.31. The molecule has 0 bridgehead atoms. The van der Waals surface area contributed by atoms with Crippen molar-refractivity contribution < 1.29 is 19.1 Å². The number of amides is 1. The number of aldehydes is 1. The topological polar surface area (TPSA) is 77.5 Å². The van der Waals surface area contributed by atoms with E-state index in [0.29, 0.717) is 38.2 Å². The third-order valence-electron chi connectivity index (χ3n) is 2.83. The van der Waals surface area contributed by atoms with Crippen LogP contribution in [0.4, 0.5) is 10.5 Å². The van der Waals surface area contributed by atoms with Gasteiger partial charge in [0.2, 0.25) is 5.88 Å². The summed E-state index contributed by atoms with van der Waals surface area (Å²) in [4.78, 5) is 27.8. The van der Waals surface area contributed by atoms with Gasteiger partial charge in [-0.05, 0) is 26.8 Å². The maximum absolute atomic E-state index is 11.9. The largest absolute Gasteiger partial charge is 0.481 e.